The molecule has 9 nitrogen and oxygen atoms in total. The molecule has 1 saturated heterocycles. The van der Waals surface area contributed by atoms with Gasteiger partial charge in [0, 0.05) is 49.3 Å². The molecule has 1 amide bonds. The maximum atomic E-state index is 11.9. The Bertz CT molecular complexity index is 1480. The molecule has 0 bridgehead atoms. The monoisotopic (exact) mass is 545 g/mol. The number of aromatic nitrogens is 3. The van der Waals surface area contributed by atoms with Crippen molar-refractivity contribution in [1.82, 2.24) is 19.9 Å². The number of amides is 1. The van der Waals surface area contributed by atoms with Crippen LogP contribution in [0.1, 0.15) is 18.5 Å². The van der Waals surface area contributed by atoms with Gasteiger partial charge in [-0.05, 0) is 42.5 Å². The van der Waals surface area contributed by atoms with Crippen LogP contribution in [0.2, 0.25) is 5.02 Å². The predicted molar refractivity (Wildman–Crippen MR) is 150 cm³/mol. The van der Waals surface area contributed by atoms with E-state index in [0.29, 0.717) is 66.1 Å². The molecule has 2 aromatic carbocycles. The highest BCUT2D eigenvalue weighted by Crippen LogP contribution is 2.37. The lowest BCUT2D eigenvalue weighted by molar-refractivity contribution is -0.127. The van der Waals surface area contributed by atoms with Crippen molar-refractivity contribution in [2.45, 2.75) is 25.6 Å². The van der Waals surface area contributed by atoms with Crippen molar-refractivity contribution in [3.05, 3.63) is 84.4 Å². The Morgan fingerprint density at radius 1 is 1.10 bits per heavy atom. The number of anilines is 2. The SMILES string of the molecule is C=CC(=O)N1CCC(Oc2cc3c(Nc4ccc(OCc5ccccn5)c(Cl)c4)ncnc3cc2OC)CC1. The molecule has 1 fully saturated rings. The molecule has 10 heteroatoms. The second-order valence-electron chi connectivity index (χ2n) is 8.97. The molecule has 0 atom stereocenters. The largest absolute Gasteiger partial charge is 0.493 e. The zero-order chi connectivity index (χ0) is 27.2. The maximum Gasteiger partial charge on any atom is 0.245 e. The lowest BCUT2D eigenvalue weighted by Crippen LogP contribution is -2.41. The third-order valence-electron chi connectivity index (χ3n) is 6.44. The van der Waals surface area contributed by atoms with Crippen LogP contribution in [0.3, 0.4) is 0 Å². The zero-order valence-corrected chi connectivity index (χ0v) is 22.2. The van der Waals surface area contributed by atoms with Gasteiger partial charge in [-0.1, -0.05) is 24.2 Å². The van der Waals surface area contributed by atoms with E-state index in [9.17, 15) is 4.79 Å². The van der Waals surface area contributed by atoms with Crippen LogP contribution in [0.5, 0.6) is 17.2 Å². The van der Waals surface area contributed by atoms with Gasteiger partial charge >= 0.3 is 0 Å². The summed E-state index contributed by atoms with van der Waals surface area (Å²) in [5, 5.41) is 4.55. The molecule has 200 valence electrons. The van der Waals surface area contributed by atoms with Gasteiger partial charge in [0.2, 0.25) is 5.91 Å². The van der Waals surface area contributed by atoms with Gasteiger partial charge in [-0.25, -0.2) is 9.97 Å². The molecule has 39 heavy (non-hydrogen) atoms. The molecular formula is C29H28ClN5O4. The van der Waals surface area contributed by atoms with Crippen LogP contribution in [0.15, 0.2) is 73.7 Å². The molecule has 0 radical (unpaired) electrons. The first kappa shape index (κ1) is 26.2. The van der Waals surface area contributed by atoms with Crippen molar-refractivity contribution >= 4 is 39.9 Å². The van der Waals surface area contributed by atoms with E-state index in [0.717, 1.165) is 16.8 Å². The van der Waals surface area contributed by atoms with Crippen LogP contribution in [-0.2, 0) is 11.4 Å². The van der Waals surface area contributed by atoms with Crippen LogP contribution in [0.4, 0.5) is 11.5 Å². The Kier molecular flexibility index (Phi) is 8.07. The summed E-state index contributed by atoms with van der Waals surface area (Å²) < 4.78 is 17.8. The number of benzene rings is 2. The number of halogens is 1. The Balaban J connectivity index is 1.33. The zero-order valence-electron chi connectivity index (χ0n) is 21.5. The minimum absolute atomic E-state index is 0.0521. The number of carbonyl (C=O) groups is 1. The normalized spacial score (nSPS) is 13.6. The van der Waals surface area contributed by atoms with Crippen molar-refractivity contribution in [3.8, 4) is 17.2 Å². The second-order valence-corrected chi connectivity index (χ2v) is 9.38. The van der Waals surface area contributed by atoms with E-state index in [2.05, 4.69) is 26.8 Å². The number of methoxy groups -OCH3 is 1. The number of nitrogens with zero attached hydrogens (tertiary/aromatic N) is 4. The van der Waals surface area contributed by atoms with Crippen LogP contribution in [0.25, 0.3) is 10.9 Å². The quantitative estimate of drug-likeness (QED) is 0.273. The summed E-state index contributed by atoms with van der Waals surface area (Å²) in [6.07, 6.45) is 5.93. The summed E-state index contributed by atoms with van der Waals surface area (Å²) in [4.78, 5) is 26.8. The fourth-order valence-electron chi connectivity index (χ4n) is 4.39. The van der Waals surface area contributed by atoms with E-state index in [-0.39, 0.29) is 12.0 Å². The Labute approximate surface area is 231 Å². The van der Waals surface area contributed by atoms with Crippen molar-refractivity contribution in [3.63, 3.8) is 0 Å². The van der Waals surface area contributed by atoms with Crippen LogP contribution in [-0.4, -0.2) is 52.1 Å². The Hall–Kier alpha value is -4.37. The summed E-state index contributed by atoms with van der Waals surface area (Å²) in [7, 11) is 1.60. The minimum atomic E-state index is -0.0579. The van der Waals surface area contributed by atoms with Crippen LogP contribution in [0, 0.1) is 0 Å². The van der Waals surface area contributed by atoms with E-state index in [1.165, 1.54) is 12.4 Å². The average molecular weight is 546 g/mol. The summed E-state index contributed by atoms with van der Waals surface area (Å²) in [6, 6.07) is 14.8. The highest BCUT2D eigenvalue weighted by atomic mass is 35.5. The first-order valence-corrected chi connectivity index (χ1v) is 12.9. The van der Waals surface area contributed by atoms with Gasteiger partial charge in [-0.2, -0.15) is 0 Å². The van der Waals surface area contributed by atoms with Gasteiger partial charge in [-0.15, -0.1) is 0 Å². The number of rotatable bonds is 9. The number of carbonyl (C=O) groups excluding carboxylic acids is 1. The van der Waals surface area contributed by atoms with Crippen LogP contribution < -0.4 is 19.5 Å². The average Bonchev–Trinajstić information content (AvgIpc) is 2.97. The summed E-state index contributed by atoms with van der Waals surface area (Å²) >= 11 is 6.51. The van der Waals surface area contributed by atoms with Crippen molar-refractivity contribution in [1.29, 1.82) is 0 Å². The molecule has 0 spiro atoms. The molecule has 3 heterocycles. The summed E-state index contributed by atoms with van der Waals surface area (Å²) in [5.74, 6) is 2.26. The molecule has 0 saturated carbocycles. The van der Waals surface area contributed by atoms with Gasteiger partial charge in [0.15, 0.2) is 11.5 Å². The first-order valence-electron chi connectivity index (χ1n) is 12.5. The van der Waals surface area contributed by atoms with E-state index in [1.807, 2.05) is 36.4 Å². The topological polar surface area (TPSA) is 98.7 Å². The number of ether oxygens (including phenoxy) is 3. The van der Waals surface area contributed by atoms with Gasteiger partial charge in [0.25, 0.3) is 0 Å². The third-order valence-corrected chi connectivity index (χ3v) is 6.73. The van der Waals surface area contributed by atoms with E-state index >= 15 is 0 Å². The molecule has 4 aromatic rings. The first-order chi connectivity index (χ1) is 19.0. The highest BCUT2D eigenvalue weighted by Gasteiger charge is 2.24. The smallest absolute Gasteiger partial charge is 0.245 e. The van der Waals surface area contributed by atoms with Gasteiger partial charge in [0.1, 0.15) is 30.6 Å². The molecule has 1 aliphatic heterocycles. The van der Waals surface area contributed by atoms with E-state index in [1.54, 1.807) is 30.3 Å². The number of pyridine rings is 1. The molecule has 5 rings (SSSR count). The van der Waals surface area contributed by atoms with E-state index in [4.69, 9.17) is 25.8 Å². The van der Waals surface area contributed by atoms with Gasteiger partial charge < -0.3 is 24.4 Å². The lowest BCUT2D eigenvalue weighted by Gasteiger charge is -2.31. The second kappa shape index (κ2) is 12.0. The third kappa shape index (κ3) is 6.21. The number of nitrogens with one attached hydrogen (secondary N) is 1. The van der Waals surface area contributed by atoms with Crippen LogP contribution >= 0.6 is 11.6 Å². The highest BCUT2D eigenvalue weighted by molar-refractivity contribution is 6.32. The Morgan fingerprint density at radius 3 is 2.67 bits per heavy atom. The maximum absolute atomic E-state index is 11.9. The van der Waals surface area contributed by atoms with Crippen molar-refractivity contribution in [2.24, 2.45) is 0 Å². The fraction of sp³-hybridized carbons (Fsp3) is 0.241. The van der Waals surface area contributed by atoms with Gasteiger partial charge in [0.05, 0.1) is 23.3 Å². The minimum Gasteiger partial charge on any atom is -0.493 e. The van der Waals surface area contributed by atoms with Crippen molar-refractivity contribution < 1.29 is 19.0 Å². The summed E-state index contributed by atoms with van der Waals surface area (Å²) in [6.45, 7) is 5.12. The summed E-state index contributed by atoms with van der Waals surface area (Å²) in [5.41, 5.74) is 2.25. The number of hydrogen-bond acceptors (Lipinski definition) is 8. The molecule has 1 N–H and O–H groups in total. The molecule has 0 unspecified atom stereocenters. The van der Waals surface area contributed by atoms with Gasteiger partial charge in [-0.3, -0.25) is 9.78 Å². The van der Waals surface area contributed by atoms with E-state index < -0.39 is 0 Å². The fourth-order valence-corrected chi connectivity index (χ4v) is 4.62. The molecule has 2 aromatic heterocycles. The molecular weight excluding hydrogens is 518 g/mol. The number of hydrogen-bond donors (Lipinski definition) is 1. The molecule has 1 aliphatic rings. The predicted octanol–water partition coefficient (Wildman–Crippen LogP) is 5.57. The van der Waals surface area contributed by atoms with Crippen molar-refractivity contribution in [2.75, 3.05) is 25.5 Å². The lowest BCUT2D eigenvalue weighted by atomic mass is 10.1. The molecule has 0 aliphatic carbocycles. The number of likely N-dealkylation sites (tertiary alicyclic amines) is 1. The number of piperidine rings is 1. The standard InChI is InChI=1S/C29H28ClN5O4/c1-3-28(36)35-12-9-21(10-13-35)39-27-15-22-24(16-26(27)37-2)32-18-33-29(22)34-19-7-8-25(23(30)14-19)38-17-20-6-4-5-11-31-20/h3-8,11,14-16,18,21H,1,9-10,12-13,17H2,2H3,(H,32,33,34). The number of fused-ring (bicyclic) bond motifs is 1. The Morgan fingerprint density at radius 2 is 1.95 bits per heavy atom.